The number of nitrogens with one attached hydrogen (secondary N) is 1. The van der Waals surface area contributed by atoms with Gasteiger partial charge in [-0.2, -0.15) is 10.4 Å². The Morgan fingerprint density at radius 1 is 1.42 bits per heavy atom. The van der Waals surface area contributed by atoms with Crippen molar-refractivity contribution in [3.63, 3.8) is 0 Å². The SMILES string of the molecule is CNS(=O)N(CC=O)c1c(O)cc2c(c1F)CN(Cc1c(C)nn(CCCC(C)(C)C#N)c1C)CC2. The Labute approximate surface area is 214 Å². The number of phenols is 1. The van der Waals surface area contributed by atoms with E-state index in [9.17, 15) is 19.4 Å². The van der Waals surface area contributed by atoms with Crippen LogP contribution in [0.4, 0.5) is 10.1 Å². The van der Waals surface area contributed by atoms with Crippen molar-refractivity contribution in [3.05, 3.63) is 40.0 Å². The summed E-state index contributed by atoms with van der Waals surface area (Å²) in [5, 5.41) is 24.4. The number of nitriles is 1. The highest BCUT2D eigenvalue weighted by molar-refractivity contribution is 7.84. The number of benzene rings is 1. The molecule has 1 aliphatic rings. The summed E-state index contributed by atoms with van der Waals surface area (Å²) in [6.07, 6.45) is 2.71. The Morgan fingerprint density at radius 3 is 2.78 bits per heavy atom. The van der Waals surface area contributed by atoms with E-state index in [0.717, 1.165) is 40.6 Å². The van der Waals surface area contributed by atoms with E-state index >= 15 is 4.39 Å². The van der Waals surface area contributed by atoms with E-state index in [4.69, 9.17) is 5.10 Å². The summed E-state index contributed by atoms with van der Waals surface area (Å²) in [4.78, 5) is 13.3. The highest BCUT2D eigenvalue weighted by Gasteiger charge is 2.29. The highest BCUT2D eigenvalue weighted by atomic mass is 32.2. The molecule has 0 saturated heterocycles. The van der Waals surface area contributed by atoms with E-state index in [1.54, 1.807) is 0 Å². The number of phenolic OH excluding ortho intramolecular Hbond substituents is 1. The lowest BCUT2D eigenvalue weighted by atomic mass is 9.90. The zero-order valence-corrected chi connectivity index (χ0v) is 22.4. The number of anilines is 1. The van der Waals surface area contributed by atoms with Gasteiger partial charge in [0.1, 0.15) is 17.7 Å². The van der Waals surface area contributed by atoms with Crippen LogP contribution < -0.4 is 9.03 Å². The Morgan fingerprint density at radius 2 is 2.14 bits per heavy atom. The number of carbonyl (C=O) groups excluding carboxylic acids is 1. The molecular formula is C25H35FN6O3S. The third-order valence-electron chi connectivity index (χ3n) is 6.75. The molecular weight excluding hydrogens is 483 g/mol. The average Bonchev–Trinajstić information content (AvgIpc) is 3.10. The molecule has 196 valence electrons. The maximum Gasteiger partial charge on any atom is 0.196 e. The average molecular weight is 519 g/mol. The van der Waals surface area contributed by atoms with Crippen molar-refractivity contribution >= 4 is 23.1 Å². The van der Waals surface area contributed by atoms with Gasteiger partial charge in [-0.3, -0.25) is 13.9 Å². The lowest BCUT2D eigenvalue weighted by Gasteiger charge is -2.31. The maximum absolute atomic E-state index is 15.7. The molecule has 1 aromatic heterocycles. The van der Waals surface area contributed by atoms with Crippen molar-refractivity contribution in [2.75, 3.05) is 24.4 Å². The van der Waals surface area contributed by atoms with E-state index in [0.29, 0.717) is 43.5 Å². The number of fused-ring (bicyclic) bond motifs is 1. The molecule has 11 heteroatoms. The van der Waals surface area contributed by atoms with Crippen molar-refractivity contribution < 1.29 is 18.5 Å². The van der Waals surface area contributed by atoms with Crippen LogP contribution in [0.15, 0.2) is 6.07 Å². The van der Waals surface area contributed by atoms with Crippen LogP contribution in [-0.2, 0) is 42.0 Å². The van der Waals surface area contributed by atoms with Crippen molar-refractivity contribution in [2.45, 2.75) is 66.6 Å². The number of aromatic nitrogens is 2. The van der Waals surface area contributed by atoms with Crippen LogP contribution >= 0.6 is 0 Å². The van der Waals surface area contributed by atoms with Gasteiger partial charge >= 0.3 is 0 Å². The smallest absolute Gasteiger partial charge is 0.196 e. The van der Waals surface area contributed by atoms with E-state index < -0.39 is 17.0 Å². The summed E-state index contributed by atoms with van der Waals surface area (Å²) in [6, 6.07) is 3.84. The molecule has 0 fully saturated rings. The molecule has 0 spiro atoms. The molecule has 1 unspecified atom stereocenters. The number of nitrogens with zero attached hydrogens (tertiary/aromatic N) is 5. The Kier molecular flexibility index (Phi) is 8.87. The summed E-state index contributed by atoms with van der Waals surface area (Å²) in [5.74, 6) is -0.998. The maximum atomic E-state index is 15.7. The lowest BCUT2D eigenvalue weighted by Crippen LogP contribution is -2.36. The number of hydrogen-bond donors (Lipinski definition) is 2. The first-order valence-electron chi connectivity index (χ1n) is 12.0. The molecule has 1 aliphatic heterocycles. The van der Waals surface area contributed by atoms with Gasteiger partial charge in [-0.25, -0.2) is 13.3 Å². The first kappa shape index (κ1) is 27.8. The van der Waals surface area contributed by atoms with Gasteiger partial charge in [0.05, 0.1) is 23.7 Å². The minimum atomic E-state index is -1.88. The van der Waals surface area contributed by atoms with Crippen LogP contribution in [0.1, 0.15) is 54.8 Å². The van der Waals surface area contributed by atoms with E-state index in [-0.39, 0.29) is 23.4 Å². The summed E-state index contributed by atoms with van der Waals surface area (Å²) in [6.45, 7) is 9.87. The van der Waals surface area contributed by atoms with Gasteiger partial charge in [-0.05, 0) is 65.6 Å². The topological polar surface area (TPSA) is 114 Å². The predicted molar refractivity (Wildman–Crippen MR) is 137 cm³/mol. The minimum absolute atomic E-state index is 0.240. The second-order valence-corrected chi connectivity index (χ2v) is 11.2. The molecule has 36 heavy (non-hydrogen) atoms. The van der Waals surface area contributed by atoms with Crippen LogP contribution in [0.2, 0.25) is 0 Å². The van der Waals surface area contributed by atoms with Gasteiger partial charge in [0.2, 0.25) is 0 Å². The monoisotopic (exact) mass is 518 g/mol. The molecule has 1 atom stereocenters. The molecule has 0 amide bonds. The molecule has 3 rings (SSSR count). The summed E-state index contributed by atoms with van der Waals surface area (Å²) >= 11 is -1.88. The van der Waals surface area contributed by atoms with Gasteiger partial charge < -0.3 is 9.90 Å². The number of aryl methyl sites for hydroxylation is 2. The molecule has 0 bridgehead atoms. The lowest BCUT2D eigenvalue weighted by molar-refractivity contribution is -0.106. The molecule has 9 nitrogen and oxygen atoms in total. The standard InChI is InChI=1S/C25H35FN6O3S/c1-17-20(18(2)31(29-17)9-6-8-25(3,4)16-27)14-30-10-7-19-13-22(34)24(23(26)21(19)15-30)32(11-12-33)36(35)28-5/h12-13,28,34H,6-11,14-15H2,1-5H3. The number of carbonyl (C=O) groups is 1. The molecule has 0 aliphatic carbocycles. The van der Waals surface area contributed by atoms with Crippen LogP contribution in [0.5, 0.6) is 5.75 Å². The summed E-state index contributed by atoms with van der Waals surface area (Å²) in [7, 11) is 1.43. The Balaban J connectivity index is 1.81. The molecule has 2 N–H and O–H groups in total. The highest BCUT2D eigenvalue weighted by Crippen LogP contribution is 2.38. The zero-order chi connectivity index (χ0) is 26.6. The second-order valence-electron chi connectivity index (χ2n) is 9.81. The van der Waals surface area contributed by atoms with Crippen LogP contribution in [-0.4, -0.2) is 50.4 Å². The number of rotatable bonds is 11. The van der Waals surface area contributed by atoms with Gasteiger partial charge in [-0.15, -0.1) is 0 Å². The van der Waals surface area contributed by atoms with Crippen LogP contribution in [0, 0.1) is 36.4 Å². The first-order valence-corrected chi connectivity index (χ1v) is 13.1. The molecule has 0 saturated carbocycles. The summed E-state index contributed by atoms with van der Waals surface area (Å²) in [5.41, 5.74) is 3.61. The quantitative estimate of drug-likeness (QED) is 0.442. The van der Waals surface area contributed by atoms with Gasteiger partial charge in [0.25, 0.3) is 0 Å². The first-order chi connectivity index (χ1) is 17.0. The van der Waals surface area contributed by atoms with E-state index in [2.05, 4.69) is 15.7 Å². The third kappa shape index (κ3) is 5.94. The van der Waals surface area contributed by atoms with Crippen LogP contribution in [0.3, 0.4) is 0 Å². The number of aromatic hydroxyl groups is 1. The number of halogens is 1. The Bertz CT molecular complexity index is 1190. The fourth-order valence-electron chi connectivity index (χ4n) is 4.61. The number of aldehydes is 1. The fourth-order valence-corrected chi connectivity index (χ4v) is 5.37. The van der Waals surface area contributed by atoms with Gasteiger partial charge in [0.15, 0.2) is 17.0 Å². The normalized spacial score (nSPS) is 14.8. The number of hydrogen-bond acceptors (Lipinski definition) is 6. The van der Waals surface area contributed by atoms with E-state index in [1.165, 1.54) is 13.1 Å². The second kappa shape index (κ2) is 11.5. The van der Waals surface area contributed by atoms with Crippen molar-refractivity contribution in [3.8, 4) is 11.8 Å². The van der Waals surface area contributed by atoms with Crippen LogP contribution in [0.25, 0.3) is 0 Å². The third-order valence-corrected chi connectivity index (χ3v) is 7.83. The molecule has 2 aromatic rings. The molecule has 1 aromatic carbocycles. The Hall–Kier alpha value is -2.81. The minimum Gasteiger partial charge on any atom is -0.506 e. The molecule has 2 heterocycles. The van der Waals surface area contributed by atoms with Crippen molar-refractivity contribution in [1.82, 2.24) is 19.4 Å². The zero-order valence-electron chi connectivity index (χ0n) is 21.6. The van der Waals surface area contributed by atoms with Crippen molar-refractivity contribution in [1.29, 1.82) is 5.26 Å². The van der Waals surface area contributed by atoms with Crippen molar-refractivity contribution in [2.24, 2.45) is 5.41 Å². The summed E-state index contributed by atoms with van der Waals surface area (Å²) < 4.78 is 33.5. The largest absolute Gasteiger partial charge is 0.506 e. The fraction of sp³-hybridized carbons (Fsp3) is 0.560. The van der Waals surface area contributed by atoms with E-state index in [1.807, 2.05) is 32.4 Å². The van der Waals surface area contributed by atoms with Gasteiger partial charge in [-0.1, -0.05) is 0 Å². The van der Waals surface area contributed by atoms with Gasteiger partial charge in [0, 0.05) is 43.0 Å². The predicted octanol–water partition coefficient (Wildman–Crippen LogP) is 3.04. The molecule has 0 radical (unpaired) electrons.